The summed E-state index contributed by atoms with van der Waals surface area (Å²) in [4.78, 5) is 10.5. The van der Waals surface area contributed by atoms with Crippen LogP contribution in [0.1, 0.15) is 51.5 Å². The Morgan fingerprint density at radius 3 is 2.62 bits per heavy atom. The number of hydrogen-bond donors (Lipinski definition) is 1. The number of rotatable bonds is 9. The van der Waals surface area contributed by atoms with Gasteiger partial charge in [0.25, 0.3) is 5.69 Å². The van der Waals surface area contributed by atoms with Crippen LogP contribution >= 0.6 is 0 Å². The quantitative estimate of drug-likeness (QED) is 0.413. The normalized spacial score (nSPS) is 10.4. The zero-order valence-electron chi connectivity index (χ0n) is 12.8. The van der Waals surface area contributed by atoms with Crippen molar-refractivity contribution in [3.05, 3.63) is 33.9 Å². The third-order valence-corrected chi connectivity index (χ3v) is 3.35. The molecule has 1 aromatic rings. The van der Waals surface area contributed by atoms with Crippen molar-refractivity contribution in [1.82, 2.24) is 0 Å². The Kier molecular flexibility index (Phi) is 7.24. The van der Waals surface area contributed by atoms with Crippen LogP contribution in [-0.4, -0.2) is 11.5 Å². The van der Waals surface area contributed by atoms with Gasteiger partial charge >= 0.3 is 0 Å². The molecule has 0 heterocycles. The molecule has 0 unspecified atom stereocenters. The minimum absolute atomic E-state index is 0.0220. The van der Waals surface area contributed by atoms with Gasteiger partial charge in [0.15, 0.2) is 0 Å². The summed E-state index contributed by atoms with van der Waals surface area (Å²) < 4.78 is 0. The number of nitro groups is 1. The summed E-state index contributed by atoms with van der Waals surface area (Å²) >= 11 is 0. The highest BCUT2D eigenvalue weighted by Gasteiger charge is 2.13. The molecule has 0 amide bonds. The SMILES string of the molecule is CC(C)CCCCCCNc1cc(C#N)ccc1[N+](=O)[O-]. The van der Waals surface area contributed by atoms with Crippen molar-refractivity contribution in [3.63, 3.8) is 0 Å². The Morgan fingerprint density at radius 2 is 2.00 bits per heavy atom. The highest BCUT2D eigenvalue weighted by atomic mass is 16.6. The van der Waals surface area contributed by atoms with Crippen LogP contribution in [0, 0.1) is 27.4 Å². The smallest absolute Gasteiger partial charge is 0.292 e. The first-order chi connectivity index (χ1) is 10.0. The number of nitro benzene ring substituents is 1. The molecule has 0 atom stereocenters. The highest BCUT2D eigenvalue weighted by molar-refractivity contribution is 5.64. The van der Waals surface area contributed by atoms with E-state index in [2.05, 4.69) is 19.2 Å². The predicted molar refractivity (Wildman–Crippen MR) is 84.2 cm³/mol. The second-order valence-electron chi connectivity index (χ2n) is 5.62. The molecular formula is C16H23N3O2. The summed E-state index contributed by atoms with van der Waals surface area (Å²) in [6.45, 7) is 5.14. The summed E-state index contributed by atoms with van der Waals surface area (Å²) in [5, 5.41) is 22.9. The van der Waals surface area contributed by atoms with E-state index < -0.39 is 4.92 Å². The maximum Gasteiger partial charge on any atom is 0.292 e. The third-order valence-electron chi connectivity index (χ3n) is 3.35. The van der Waals surface area contributed by atoms with Crippen molar-refractivity contribution >= 4 is 11.4 Å². The van der Waals surface area contributed by atoms with Gasteiger partial charge in [0.05, 0.1) is 16.6 Å². The number of nitrogens with one attached hydrogen (secondary N) is 1. The van der Waals surface area contributed by atoms with Crippen molar-refractivity contribution < 1.29 is 4.92 Å². The van der Waals surface area contributed by atoms with Gasteiger partial charge in [0, 0.05) is 12.6 Å². The highest BCUT2D eigenvalue weighted by Crippen LogP contribution is 2.25. The number of nitriles is 1. The van der Waals surface area contributed by atoms with E-state index in [1.807, 2.05) is 6.07 Å². The van der Waals surface area contributed by atoms with Crippen LogP contribution in [0.3, 0.4) is 0 Å². The topological polar surface area (TPSA) is 79.0 Å². The van der Waals surface area contributed by atoms with Crippen molar-refractivity contribution in [2.24, 2.45) is 5.92 Å². The number of anilines is 1. The minimum atomic E-state index is -0.424. The van der Waals surface area contributed by atoms with E-state index in [1.165, 1.54) is 37.5 Å². The zero-order valence-corrected chi connectivity index (χ0v) is 12.8. The summed E-state index contributed by atoms with van der Waals surface area (Å²) in [5.74, 6) is 0.750. The van der Waals surface area contributed by atoms with Gasteiger partial charge in [-0.2, -0.15) is 5.26 Å². The Hall–Kier alpha value is -2.09. The van der Waals surface area contributed by atoms with Crippen LogP contribution in [0.2, 0.25) is 0 Å². The van der Waals surface area contributed by atoms with Crippen LogP contribution < -0.4 is 5.32 Å². The zero-order chi connectivity index (χ0) is 15.7. The molecule has 0 radical (unpaired) electrons. The molecule has 21 heavy (non-hydrogen) atoms. The Morgan fingerprint density at radius 1 is 1.29 bits per heavy atom. The lowest BCUT2D eigenvalue weighted by Crippen LogP contribution is -2.04. The molecule has 0 spiro atoms. The lowest BCUT2D eigenvalue weighted by molar-refractivity contribution is -0.384. The van der Waals surface area contributed by atoms with E-state index in [0.29, 0.717) is 17.8 Å². The first-order valence-corrected chi connectivity index (χ1v) is 7.47. The molecule has 1 rings (SSSR count). The van der Waals surface area contributed by atoms with Crippen LogP contribution in [0.15, 0.2) is 18.2 Å². The van der Waals surface area contributed by atoms with Gasteiger partial charge in [0.1, 0.15) is 5.69 Å². The van der Waals surface area contributed by atoms with Crippen LogP contribution in [-0.2, 0) is 0 Å². The summed E-state index contributed by atoms with van der Waals surface area (Å²) in [7, 11) is 0. The molecule has 0 saturated heterocycles. The van der Waals surface area contributed by atoms with E-state index in [-0.39, 0.29) is 5.69 Å². The monoisotopic (exact) mass is 289 g/mol. The first kappa shape index (κ1) is 17.0. The van der Waals surface area contributed by atoms with E-state index in [4.69, 9.17) is 5.26 Å². The molecule has 0 fully saturated rings. The number of benzene rings is 1. The van der Waals surface area contributed by atoms with Gasteiger partial charge in [-0.3, -0.25) is 10.1 Å². The molecule has 0 aliphatic rings. The minimum Gasteiger partial charge on any atom is -0.379 e. The second-order valence-corrected chi connectivity index (χ2v) is 5.62. The average Bonchev–Trinajstić information content (AvgIpc) is 2.45. The van der Waals surface area contributed by atoms with Gasteiger partial charge in [-0.05, 0) is 24.5 Å². The molecule has 0 bridgehead atoms. The lowest BCUT2D eigenvalue weighted by Gasteiger charge is -2.08. The lowest BCUT2D eigenvalue weighted by atomic mass is 10.0. The predicted octanol–water partition coefficient (Wildman–Crippen LogP) is 4.48. The molecular weight excluding hydrogens is 266 g/mol. The molecule has 0 saturated carbocycles. The fourth-order valence-corrected chi connectivity index (χ4v) is 2.16. The van der Waals surface area contributed by atoms with Crippen LogP contribution in [0.5, 0.6) is 0 Å². The summed E-state index contributed by atoms with van der Waals surface area (Å²) in [6, 6.07) is 6.38. The maximum absolute atomic E-state index is 10.9. The Balaban J connectivity index is 2.40. The van der Waals surface area contributed by atoms with E-state index in [0.717, 1.165) is 18.8 Å². The van der Waals surface area contributed by atoms with E-state index in [1.54, 1.807) is 0 Å². The molecule has 0 aliphatic carbocycles. The Bertz CT molecular complexity index is 507. The maximum atomic E-state index is 10.9. The largest absolute Gasteiger partial charge is 0.379 e. The first-order valence-electron chi connectivity index (χ1n) is 7.47. The van der Waals surface area contributed by atoms with Crippen molar-refractivity contribution in [2.45, 2.75) is 46.0 Å². The van der Waals surface area contributed by atoms with Crippen molar-refractivity contribution in [1.29, 1.82) is 5.26 Å². The van der Waals surface area contributed by atoms with Crippen LogP contribution in [0.4, 0.5) is 11.4 Å². The number of nitrogens with zero attached hydrogens (tertiary/aromatic N) is 2. The molecule has 5 heteroatoms. The number of unbranched alkanes of at least 4 members (excludes halogenated alkanes) is 3. The molecule has 114 valence electrons. The van der Waals surface area contributed by atoms with Gasteiger partial charge < -0.3 is 5.32 Å². The molecule has 1 aromatic carbocycles. The molecule has 0 aliphatic heterocycles. The summed E-state index contributed by atoms with van der Waals surface area (Å²) in [6.07, 6.45) is 5.78. The standard InChI is InChI=1S/C16H23N3O2/c1-13(2)7-5-3-4-6-10-18-15-11-14(12-17)8-9-16(15)19(20)21/h8-9,11,13,18H,3-7,10H2,1-2H3. The van der Waals surface area contributed by atoms with Crippen LogP contribution in [0.25, 0.3) is 0 Å². The fourth-order valence-electron chi connectivity index (χ4n) is 2.16. The second kappa shape index (κ2) is 8.96. The third kappa shape index (κ3) is 6.26. The van der Waals surface area contributed by atoms with Gasteiger partial charge in [-0.1, -0.05) is 39.5 Å². The van der Waals surface area contributed by atoms with Gasteiger partial charge in [0.2, 0.25) is 0 Å². The number of hydrogen-bond acceptors (Lipinski definition) is 4. The van der Waals surface area contributed by atoms with E-state index in [9.17, 15) is 10.1 Å². The van der Waals surface area contributed by atoms with Gasteiger partial charge in [-0.25, -0.2) is 0 Å². The Labute approximate surface area is 126 Å². The van der Waals surface area contributed by atoms with Crippen molar-refractivity contribution in [3.8, 4) is 6.07 Å². The van der Waals surface area contributed by atoms with E-state index >= 15 is 0 Å². The molecule has 1 N–H and O–H groups in total. The molecule has 5 nitrogen and oxygen atoms in total. The van der Waals surface area contributed by atoms with Gasteiger partial charge in [-0.15, -0.1) is 0 Å². The molecule has 0 aromatic heterocycles. The fraction of sp³-hybridized carbons (Fsp3) is 0.562. The summed E-state index contributed by atoms with van der Waals surface area (Å²) in [5.41, 5.74) is 0.884. The van der Waals surface area contributed by atoms with Crippen molar-refractivity contribution in [2.75, 3.05) is 11.9 Å². The average molecular weight is 289 g/mol.